The number of benzene rings is 3. The van der Waals surface area contributed by atoms with Crippen molar-refractivity contribution in [3.05, 3.63) is 92.2 Å². The highest BCUT2D eigenvalue weighted by Crippen LogP contribution is 2.38. The monoisotopic (exact) mass is 453 g/mol. The fourth-order valence-corrected chi connectivity index (χ4v) is 3.58. The molecule has 0 saturated carbocycles. The van der Waals surface area contributed by atoms with Crippen LogP contribution < -0.4 is 14.8 Å². The van der Waals surface area contributed by atoms with Crippen LogP contribution in [0.1, 0.15) is 16.7 Å². The van der Waals surface area contributed by atoms with Crippen LogP contribution in [0.4, 0.5) is 4.39 Å². The zero-order valence-electron chi connectivity index (χ0n) is 15.6. The van der Waals surface area contributed by atoms with Crippen molar-refractivity contribution in [2.24, 2.45) is 0 Å². The molecule has 152 valence electrons. The topological polar surface area (TPSA) is 30.5 Å². The minimum Gasteiger partial charge on any atom is -0.493 e. The Morgan fingerprint density at radius 2 is 1.52 bits per heavy atom. The zero-order chi connectivity index (χ0) is 20.8. The van der Waals surface area contributed by atoms with Gasteiger partial charge in [-0.05, 0) is 47.5 Å². The standard InChI is InChI=1S/C22H19Cl3FNO2/c1-28-21-10-15(12-27-11-14-5-7-16(26)8-6-14)9-20(25)22(21)29-13-17-18(23)3-2-4-19(17)24/h2-10,27H,11-13H2,1H3. The Bertz CT molecular complexity index is 960. The lowest BCUT2D eigenvalue weighted by Gasteiger charge is -2.15. The van der Waals surface area contributed by atoms with Crippen molar-refractivity contribution in [2.45, 2.75) is 19.7 Å². The van der Waals surface area contributed by atoms with Crippen molar-refractivity contribution in [3.8, 4) is 11.5 Å². The molecule has 0 saturated heterocycles. The molecule has 3 aromatic carbocycles. The summed E-state index contributed by atoms with van der Waals surface area (Å²) in [5.41, 5.74) is 2.59. The largest absolute Gasteiger partial charge is 0.493 e. The summed E-state index contributed by atoms with van der Waals surface area (Å²) >= 11 is 18.8. The van der Waals surface area contributed by atoms with Gasteiger partial charge < -0.3 is 14.8 Å². The van der Waals surface area contributed by atoms with Gasteiger partial charge in [0.25, 0.3) is 0 Å². The summed E-state index contributed by atoms with van der Waals surface area (Å²) in [5.74, 6) is 0.686. The van der Waals surface area contributed by atoms with Gasteiger partial charge >= 0.3 is 0 Å². The van der Waals surface area contributed by atoms with Crippen molar-refractivity contribution < 1.29 is 13.9 Å². The number of nitrogens with one attached hydrogen (secondary N) is 1. The molecule has 0 amide bonds. The Morgan fingerprint density at radius 1 is 0.862 bits per heavy atom. The molecule has 3 nitrogen and oxygen atoms in total. The van der Waals surface area contributed by atoms with Crippen LogP contribution in [0.5, 0.6) is 11.5 Å². The van der Waals surface area contributed by atoms with Crippen LogP contribution in [0.25, 0.3) is 0 Å². The molecule has 0 unspecified atom stereocenters. The fourth-order valence-electron chi connectivity index (χ4n) is 2.78. The van der Waals surface area contributed by atoms with Gasteiger partial charge in [0.1, 0.15) is 12.4 Å². The van der Waals surface area contributed by atoms with Crippen molar-refractivity contribution in [2.75, 3.05) is 7.11 Å². The van der Waals surface area contributed by atoms with Crippen LogP contribution in [0, 0.1) is 5.82 Å². The van der Waals surface area contributed by atoms with Gasteiger partial charge in [0.15, 0.2) is 11.5 Å². The van der Waals surface area contributed by atoms with E-state index in [1.165, 1.54) is 12.1 Å². The minimum atomic E-state index is -0.251. The molecule has 0 spiro atoms. The molecule has 3 rings (SSSR count). The van der Waals surface area contributed by atoms with Crippen LogP contribution in [0.15, 0.2) is 54.6 Å². The number of hydrogen-bond donors (Lipinski definition) is 1. The Morgan fingerprint density at radius 3 is 2.17 bits per heavy atom. The van der Waals surface area contributed by atoms with Crippen LogP contribution in [0.3, 0.4) is 0 Å². The highest BCUT2D eigenvalue weighted by Gasteiger charge is 2.14. The highest BCUT2D eigenvalue weighted by molar-refractivity contribution is 6.36. The molecule has 1 N–H and O–H groups in total. The van der Waals surface area contributed by atoms with E-state index in [9.17, 15) is 4.39 Å². The van der Waals surface area contributed by atoms with Crippen molar-refractivity contribution in [1.29, 1.82) is 0 Å². The second-order valence-electron chi connectivity index (χ2n) is 6.33. The first kappa shape index (κ1) is 21.7. The van der Waals surface area contributed by atoms with E-state index in [0.29, 0.717) is 45.2 Å². The summed E-state index contributed by atoms with van der Waals surface area (Å²) < 4.78 is 24.3. The van der Waals surface area contributed by atoms with E-state index < -0.39 is 0 Å². The molecule has 29 heavy (non-hydrogen) atoms. The predicted molar refractivity (Wildman–Crippen MR) is 116 cm³/mol. The molecule has 7 heteroatoms. The van der Waals surface area contributed by atoms with Crippen LogP contribution in [0.2, 0.25) is 15.1 Å². The SMILES string of the molecule is COc1cc(CNCc2ccc(F)cc2)cc(Cl)c1OCc1c(Cl)cccc1Cl. The maximum Gasteiger partial charge on any atom is 0.180 e. The third kappa shape index (κ3) is 5.77. The van der Waals surface area contributed by atoms with Gasteiger partial charge in [-0.25, -0.2) is 4.39 Å². The second-order valence-corrected chi connectivity index (χ2v) is 7.55. The Labute approximate surface area is 184 Å². The van der Waals surface area contributed by atoms with Crippen molar-refractivity contribution in [1.82, 2.24) is 5.32 Å². The first-order valence-corrected chi connectivity index (χ1v) is 9.98. The maximum absolute atomic E-state index is 13.0. The molecule has 0 fully saturated rings. The molecule has 0 atom stereocenters. The molecule has 0 bridgehead atoms. The average Bonchev–Trinajstić information content (AvgIpc) is 2.70. The van der Waals surface area contributed by atoms with E-state index in [-0.39, 0.29) is 12.4 Å². The minimum absolute atomic E-state index is 0.163. The quantitative estimate of drug-likeness (QED) is 0.412. The molecule has 0 aromatic heterocycles. The summed E-state index contributed by atoms with van der Waals surface area (Å²) in [6.45, 7) is 1.32. The summed E-state index contributed by atoms with van der Waals surface area (Å²) in [6, 6.07) is 15.3. The van der Waals surface area contributed by atoms with E-state index in [0.717, 1.165) is 11.1 Å². The van der Waals surface area contributed by atoms with E-state index in [4.69, 9.17) is 44.3 Å². The Balaban J connectivity index is 1.67. The number of ether oxygens (including phenoxy) is 2. The van der Waals surface area contributed by atoms with Gasteiger partial charge in [-0.1, -0.05) is 53.0 Å². The van der Waals surface area contributed by atoms with Gasteiger partial charge in [0.2, 0.25) is 0 Å². The van der Waals surface area contributed by atoms with E-state index >= 15 is 0 Å². The van der Waals surface area contributed by atoms with E-state index in [1.54, 1.807) is 37.4 Å². The normalized spacial score (nSPS) is 10.8. The summed E-state index contributed by atoms with van der Waals surface area (Å²) in [5, 5.41) is 4.76. The summed E-state index contributed by atoms with van der Waals surface area (Å²) in [4.78, 5) is 0. The molecular weight excluding hydrogens is 436 g/mol. The zero-order valence-corrected chi connectivity index (χ0v) is 17.9. The Hall–Kier alpha value is -1.98. The molecule has 0 radical (unpaired) electrons. The molecular formula is C22H19Cl3FNO2. The predicted octanol–water partition coefficient (Wildman–Crippen LogP) is 6.66. The molecule has 0 aliphatic rings. The molecule has 0 aliphatic carbocycles. The first-order valence-electron chi connectivity index (χ1n) is 8.85. The number of hydrogen-bond acceptors (Lipinski definition) is 3. The molecule has 0 heterocycles. The number of rotatable bonds is 8. The smallest absolute Gasteiger partial charge is 0.180 e. The first-order chi connectivity index (χ1) is 14.0. The van der Waals surface area contributed by atoms with Crippen molar-refractivity contribution in [3.63, 3.8) is 0 Å². The maximum atomic E-state index is 13.0. The van der Waals surface area contributed by atoms with E-state index in [2.05, 4.69) is 5.32 Å². The number of methoxy groups -OCH3 is 1. The summed E-state index contributed by atoms with van der Waals surface area (Å²) in [7, 11) is 1.55. The fraction of sp³-hybridized carbons (Fsp3) is 0.182. The molecule has 3 aromatic rings. The van der Waals surface area contributed by atoms with Gasteiger partial charge in [-0.2, -0.15) is 0 Å². The van der Waals surface area contributed by atoms with Crippen LogP contribution in [-0.4, -0.2) is 7.11 Å². The number of halogens is 4. The third-order valence-electron chi connectivity index (χ3n) is 4.28. The molecule has 0 aliphatic heterocycles. The van der Waals surface area contributed by atoms with Gasteiger partial charge in [-0.3, -0.25) is 0 Å². The summed E-state index contributed by atoms with van der Waals surface area (Å²) in [6.07, 6.45) is 0. The lowest BCUT2D eigenvalue weighted by atomic mass is 10.1. The van der Waals surface area contributed by atoms with Crippen LogP contribution >= 0.6 is 34.8 Å². The van der Waals surface area contributed by atoms with Gasteiger partial charge in [0.05, 0.1) is 12.1 Å². The van der Waals surface area contributed by atoms with Gasteiger partial charge in [-0.15, -0.1) is 0 Å². The third-order valence-corrected chi connectivity index (χ3v) is 5.27. The van der Waals surface area contributed by atoms with Crippen LogP contribution in [-0.2, 0) is 19.7 Å². The highest BCUT2D eigenvalue weighted by atomic mass is 35.5. The average molecular weight is 455 g/mol. The lowest BCUT2D eigenvalue weighted by Crippen LogP contribution is -2.13. The Kier molecular flexibility index (Phi) is 7.62. The lowest BCUT2D eigenvalue weighted by molar-refractivity contribution is 0.284. The second kappa shape index (κ2) is 10.2. The van der Waals surface area contributed by atoms with Gasteiger partial charge in [0, 0.05) is 28.7 Å². The van der Waals surface area contributed by atoms with Crippen molar-refractivity contribution >= 4 is 34.8 Å². The van der Waals surface area contributed by atoms with E-state index in [1.807, 2.05) is 12.1 Å².